The second-order valence-corrected chi connectivity index (χ2v) is 6.74. The molecule has 2 heterocycles. The van der Waals surface area contributed by atoms with Crippen LogP contribution in [-0.4, -0.2) is 31.7 Å². The Kier molecular flexibility index (Phi) is 3.00. The fraction of sp³-hybridized carbons (Fsp3) is 1.00. The average Bonchev–Trinajstić information content (AvgIpc) is 2.86. The molecule has 1 aliphatic carbocycles. The number of hydrogen-bond donors (Lipinski definition) is 0. The first kappa shape index (κ1) is 12.9. The van der Waals surface area contributed by atoms with Crippen LogP contribution < -0.4 is 0 Å². The van der Waals surface area contributed by atoms with Crippen molar-refractivity contribution in [2.75, 3.05) is 19.8 Å². The zero-order chi connectivity index (χ0) is 12.9. The molecule has 2 saturated heterocycles. The smallest absolute Gasteiger partial charge is 0.176 e. The minimum Gasteiger partial charge on any atom is -0.377 e. The van der Waals surface area contributed by atoms with Gasteiger partial charge >= 0.3 is 0 Å². The first-order chi connectivity index (χ1) is 8.56. The fourth-order valence-electron chi connectivity index (χ4n) is 4.61. The molecule has 0 aromatic carbocycles. The average molecular weight is 254 g/mol. The van der Waals surface area contributed by atoms with Gasteiger partial charge in [0.15, 0.2) is 5.79 Å². The zero-order valence-corrected chi connectivity index (χ0v) is 12.0. The molecule has 18 heavy (non-hydrogen) atoms. The van der Waals surface area contributed by atoms with E-state index < -0.39 is 5.79 Å². The molecule has 3 rings (SSSR count). The summed E-state index contributed by atoms with van der Waals surface area (Å²) in [6, 6.07) is 0. The quantitative estimate of drug-likeness (QED) is 0.719. The highest BCUT2D eigenvalue weighted by Crippen LogP contribution is 2.60. The third-order valence-corrected chi connectivity index (χ3v) is 5.71. The van der Waals surface area contributed by atoms with Crippen LogP contribution >= 0.6 is 0 Å². The summed E-state index contributed by atoms with van der Waals surface area (Å²) in [6.45, 7) is 9.22. The summed E-state index contributed by atoms with van der Waals surface area (Å²) in [5, 5.41) is 0. The Labute approximate surface area is 110 Å². The predicted octanol–water partition coefficient (Wildman–Crippen LogP) is 3.12. The maximum atomic E-state index is 6.22. The van der Waals surface area contributed by atoms with Crippen LogP contribution in [0.3, 0.4) is 0 Å². The summed E-state index contributed by atoms with van der Waals surface area (Å²) < 4.78 is 18.3. The summed E-state index contributed by atoms with van der Waals surface area (Å²) in [6.07, 6.45) is 6.18. The lowest BCUT2D eigenvalue weighted by Gasteiger charge is -2.60. The van der Waals surface area contributed by atoms with Crippen LogP contribution in [0.2, 0.25) is 0 Å². The molecule has 1 saturated carbocycles. The topological polar surface area (TPSA) is 27.7 Å². The molecule has 0 aromatic rings. The molecule has 3 aliphatic rings. The van der Waals surface area contributed by atoms with E-state index in [1.54, 1.807) is 0 Å². The monoisotopic (exact) mass is 254 g/mol. The summed E-state index contributed by atoms with van der Waals surface area (Å²) in [7, 11) is 0. The molecule has 0 aromatic heterocycles. The van der Waals surface area contributed by atoms with E-state index in [1.165, 1.54) is 25.7 Å². The number of hydrogen-bond acceptors (Lipinski definition) is 3. The van der Waals surface area contributed by atoms with Gasteiger partial charge in [-0.15, -0.1) is 0 Å². The van der Waals surface area contributed by atoms with Crippen molar-refractivity contribution in [2.24, 2.45) is 10.8 Å². The van der Waals surface area contributed by atoms with Crippen molar-refractivity contribution in [3.63, 3.8) is 0 Å². The van der Waals surface area contributed by atoms with Crippen molar-refractivity contribution in [3.8, 4) is 0 Å². The number of fused-ring (bicyclic) bond motifs is 1. The highest BCUT2D eigenvalue weighted by atomic mass is 16.7. The molecule has 2 atom stereocenters. The molecule has 3 fully saturated rings. The van der Waals surface area contributed by atoms with Crippen LogP contribution in [-0.2, 0) is 14.2 Å². The van der Waals surface area contributed by atoms with Crippen LogP contribution in [0.25, 0.3) is 0 Å². The summed E-state index contributed by atoms with van der Waals surface area (Å²) in [5.41, 5.74) is 0.292. The van der Waals surface area contributed by atoms with E-state index in [1.807, 2.05) is 0 Å². The zero-order valence-electron chi connectivity index (χ0n) is 12.0. The van der Waals surface area contributed by atoms with Crippen LogP contribution in [0, 0.1) is 10.8 Å². The molecule has 0 bridgehead atoms. The molecular weight excluding hydrogens is 228 g/mol. The van der Waals surface area contributed by atoms with E-state index in [4.69, 9.17) is 14.2 Å². The first-order valence-corrected chi connectivity index (χ1v) is 7.46. The Morgan fingerprint density at radius 1 is 1.00 bits per heavy atom. The lowest BCUT2D eigenvalue weighted by atomic mass is 9.55. The second-order valence-electron chi connectivity index (χ2n) is 6.74. The van der Waals surface area contributed by atoms with Gasteiger partial charge in [-0.2, -0.15) is 0 Å². The van der Waals surface area contributed by atoms with Crippen molar-refractivity contribution in [1.29, 1.82) is 0 Å². The van der Waals surface area contributed by atoms with E-state index >= 15 is 0 Å². The molecular formula is C15H26O3. The van der Waals surface area contributed by atoms with Crippen LogP contribution in [0.5, 0.6) is 0 Å². The van der Waals surface area contributed by atoms with E-state index in [0.717, 1.165) is 26.2 Å². The van der Waals surface area contributed by atoms with Crippen molar-refractivity contribution in [1.82, 2.24) is 0 Å². The number of rotatable bonds is 1. The lowest BCUT2D eigenvalue weighted by Crippen LogP contribution is -2.64. The van der Waals surface area contributed by atoms with E-state index in [2.05, 4.69) is 20.8 Å². The Morgan fingerprint density at radius 3 is 2.39 bits per heavy atom. The molecule has 0 amide bonds. The minimum absolute atomic E-state index is 0.0574. The maximum absolute atomic E-state index is 6.22. The molecule has 2 aliphatic heterocycles. The van der Waals surface area contributed by atoms with Crippen LogP contribution in [0.1, 0.15) is 52.9 Å². The van der Waals surface area contributed by atoms with Gasteiger partial charge in [0, 0.05) is 18.4 Å². The van der Waals surface area contributed by atoms with Gasteiger partial charge in [-0.25, -0.2) is 0 Å². The SMILES string of the molecule is CCC12CCCO[C@H]1C(C)(C)C1(CC2)OCCO1. The predicted molar refractivity (Wildman–Crippen MR) is 69.3 cm³/mol. The first-order valence-electron chi connectivity index (χ1n) is 7.46. The lowest BCUT2D eigenvalue weighted by molar-refractivity contribution is -0.315. The summed E-state index contributed by atoms with van der Waals surface area (Å²) in [5.74, 6) is -0.395. The fourth-order valence-corrected chi connectivity index (χ4v) is 4.61. The Bertz CT molecular complexity index is 320. The van der Waals surface area contributed by atoms with Crippen molar-refractivity contribution >= 4 is 0 Å². The Balaban J connectivity index is 1.95. The van der Waals surface area contributed by atoms with Crippen LogP contribution in [0.4, 0.5) is 0 Å². The molecule has 1 unspecified atom stereocenters. The maximum Gasteiger partial charge on any atom is 0.176 e. The van der Waals surface area contributed by atoms with Crippen molar-refractivity contribution < 1.29 is 14.2 Å². The van der Waals surface area contributed by atoms with Crippen molar-refractivity contribution in [2.45, 2.75) is 64.8 Å². The van der Waals surface area contributed by atoms with Crippen LogP contribution in [0.15, 0.2) is 0 Å². The molecule has 1 spiro atoms. The van der Waals surface area contributed by atoms with Gasteiger partial charge in [-0.05, 0) is 31.1 Å². The highest BCUT2D eigenvalue weighted by molar-refractivity contribution is 5.08. The largest absolute Gasteiger partial charge is 0.377 e. The van der Waals surface area contributed by atoms with Gasteiger partial charge < -0.3 is 14.2 Å². The molecule has 3 heteroatoms. The Hall–Kier alpha value is -0.120. The van der Waals surface area contributed by atoms with Crippen molar-refractivity contribution in [3.05, 3.63) is 0 Å². The molecule has 3 nitrogen and oxygen atoms in total. The standard InChI is InChI=1S/C15H26O3/c1-4-14-6-5-9-16-12(14)13(2,3)15(8-7-14)17-10-11-18-15/h12H,4-11H2,1-3H3/t12-,14?/m0/s1. The minimum atomic E-state index is -0.395. The Morgan fingerprint density at radius 2 is 1.72 bits per heavy atom. The molecule has 0 N–H and O–H groups in total. The van der Waals surface area contributed by atoms with E-state index in [-0.39, 0.29) is 11.5 Å². The normalized spacial score (nSPS) is 41.8. The number of ether oxygens (including phenoxy) is 3. The third-order valence-electron chi connectivity index (χ3n) is 5.71. The third kappa shape index (κ3) is 1.53. The molecule has 0 radical (unpaired) electrons. The van der Waals surface area contributed by atoms with Gasteiger partial charge in [0.1, 0.15) is 0 Å². The second kappa shape index (κ2) is 4.19. The van der Waals surface area contributed by atoms with Gasteiger partial charge in [0.25, 0.3) is 0 Å². The molecule has 104 valence electrons. The highest BCUT2D eigenvalue weighted by Gasteiger charge is 2.64. The van der Waals surface area contributed by atoms with Gasteiger partial charge in [0.2, 0.25) is 0 Å². The van der Waals surface area contributed by atoms with Gasteiger partial charge in [0.05, 0.1) is 19.3 Å². The summed E-state index contributed by atoms with van der Waals surface area (Å²) in [4.78, 5) is 0. The van der Waals surface area contributed by atoms with Gasteiger partial charge in [-0.1, -0.05) is 20.8 Å². The van der Waals surface area contributed by atoms with Gasteiger partial charge in [-0.3, -0.25) is 0 Å². The van der Waals surface area contributed by atoms with E-state index in [0.29, 0.717) is 5.41 Å². The van der Waals surface area contributed by atoms with E-state index in [9.17, 15) is 0 Å². The summed E-state index contributed by atoms with van der Waals surface area (Å²) >= 11 is 0.